The van der Waals surface area contributed by atoms with Crippen molar-refractivity contribution in [2.75, 3.05) is 36.4 Å². The largest absolute Gasteiger partial charge is 0.366 e. The Kier molecular flexibility index (Phi) is 5.19. The molecule has 3 aromatic rings. The van der Waals surface area contributed by atoms with Gasteiger partial charge in [-0.05, 0) is 30.3 Å². The summed E-state index contributed by atoms with van der Waals surface area (Å²) in [6, 6.07) is 18.3. The number of carbonyl (C=O) groups is 1. The number of hydrogen-bond donors (Lipinski definition) is 1. The van der Waals surface area contributed by atoms with E-state index in [1.54, 1.807) is 29.4 Å². The fourth-order valence-electron chi connectivity index (χ4n) is 3.35. The van der Waals surface area contributed by atoms with Gasteiger partial charge in [-0.1, -0.05) is 30.3 Å². The third kappa shape index (κ3) is 3.96. The van der Waals surface area contributed by atoms with Gasteiger partial charge in [0.15, 0.2) is 0 Å². The highest BCUT2D eigenvalue weighted by molar-refractivity contribution is 5.95. The van der Waals surface area contributed by atoms with E-state index in [1.807, 2.05) is 47.4 Å². The fourth-order valence-corrected chi connectivity index (χ4v) is 3.35. The molecule has 142 valence electrons. The summed E-state index contributed by atoms with van der Waals surface area (Å²) in [7, 11) is 0. The highest BCUT2D eigenvalue weighted by atomic mass is 19.1. The molecule has 28 heavy (non-hydrogen) atoms. The van der Waals surface area contributed by atoms with Gasteiger partial charge in [0.2, 0.25) is 0 Å². The predicted molar refractivity (Wildman–Crippen MR) is 108 cm³/mol. The number of amides is 1. The van der Waals surface area contributed by atoms with Crippen LogP contribution in [-0.4, -0.2) is 42.0 Å². The number of pyridine rings is 1. The van der Waals surface area contributed by atoms with Crippen LogP contribution in [0.3, 0.4) is 0 Å². The number of nitrogens with zero attached hydrogens (tertiary/aromatic N) is 3. The number of hydrogen-bond acceptors (Lipinski definition) is 4. The smallest absolute Gasteiger partial charge is 0.255 e. The first kappa shape index (κ1) is 18.0. The second-order valence-electron chi connectivity index (χ2n) is 6.68. The van der Waals surface area contributed by atoms with E-state index in [4.69, 9.17) is 0 Å². The quantitative estimate of drug-likeness (QED) is 0.750. The molecule has 2 aromatic carbocycles. The number of piperazine rings is 1. The molecule has 1 amide bonds. The predicted octanol–water partition coefficient (Wildman–Crippen LogP) is 3.93. The molecule has 5 nitrogen and oxygen atoms in total. The number of carbonyl (C=O) groups excluding carboxylic acids is 1. The molecule has 4 rings (SSSR count). The minimum atomic E-state index is -0.230. The molecule has 0 radical (unpaired) electrons. The lowest BCUT2D eigenvalue weighted by Gasteiger charge is -2.36. The van der Waals surface area contributed by atoms with Crippen LogP contribution in [0.1, 0.15) is 10.4 Å². The monoisotopic (exact) mass is 376 g/mol. The zero-order valence-electron chi connectivity index (χ0n) is 15.4. The van der Waals surface area contributed by atoms with Gasteiger partial charge < -0.3 is 15.1 Å². The summed E-state index contributed by atoms with van der Waals surface area (Å²) in [5.74, 6) is -0.288. The van der Waals surface area contributed by atoms with Crippen LogP contribution in [0.25, 0.3) is 0 Å². The fraction of sp³-hybridized carbons (Fsp3) is 0.182. The Hall–Kier alpha value is -3.41. The Morgan fingerprint density at radius 2 is 1.61 bits per heavy atom. The van der Waals surface area contributed by atoms with Gasteiger partial charge in [0, 0.05) is 38.1 Å². The molecule has 1 aromatic heterocycles. The van der Waals surface area contributed by atoms with Crippen LogP contribution < -0.4 is 10.2 Å². The minimum Gasteiger partial charge on any atom is -0.366 e. The number of rotatable bonds is 4. The molecule has 0 spiro atoms. The van der Waals surface area contributed by atoms with Crippen molar-refractivity contribution in [1.29, 1.82) is 0 Å². The van der Waals surface area contributed by atoms with Crippen molar-refractivity contribution in [2.24, 2.45) is 0 Å². The number of para-hydroxylation sites is 2. The molecule has 0 unspecified atom stereocenters. The minimum absolute atomic E-state index is 0.0580. The lowest BCUT2D eigenvalue weighted by Crippen LogP contribution is -2.49. The number of anilines is 3. The van der Waals surface area contributed by atoms with E-state index in [-0.39, 0.29) is 11.7 Å². The molecule has 0 aliphatic carbocycles. The third-order valence-corrected chi connectivity index (χ3v) is 4.81. The van der Waals surface area contributed by atoms with Crippen molar-refractivity contribution in [1.82, 2.24) is 9.88 Å². The topological polar surface area (TPSA) is 48.5 Å². The molecule has 1 aliphatic rings. The second kappa shape index (κ2) is 8.08. The van der Waals surface area contributed by atoms with Crippen molar-refractivity contribution in [3.8, 4) is 0 Å². The summed E-state index contributed by atoms with van der Waals surface area (Å²) < 4.78 is 14.0. The van der Waals surface area contributed by atoms with Gasteiger partial charge >= 0.3 is 0 Å². The molecular weight excluding hydrogens is 355 g/mol. The summed E-state index contributed by atoms with van der Waals surface area (Å²) in [6.45, 7) is 2.29. The maximum atomic E-state index is 14.0. The zero-order valence-corrected chi connectivity index (χ0v) is 15.4. The molecule has 1 fully saturated rings. The van der Waals surface area contributed by atoms with Crippen LogP contribution in [0.4, 0.5) is 21.5 Å². The summed E-state index contributed by atoms with van der Waals surface area (Å²) in [5, 5.41) is 3.25. The second-order valence-corrected chi connectivity index (χ2v) is 6.68. The molecule has 0 saturated carbocycles. The first-order chi connectivity index (χ1) is 13.7. The summed E-state index contributed by atoms with van der Waals surface area (Å²) in [4.78, 5) is 20.9. The van der Waals surface area contributed by atoms with Crippen molar-refractivity contribution in [3.63, 3.8) is 0 Å². The lowest BCUT2D eigenvalue weighted by atomic mass is 10.2. The van der Waals surface area contributed by atoms with Crippen molar-refractivity contribution >= 4 is 23.0 Å². The Balaban J connectivity index is 1.41. The standard InChI is InChI=1S/C22H21FN4O/c23-20-8-4-5-9-21(20)26-10-12-27(13-11-26)22(28)17-14-19(16-24-15-17)25-18-6-2-1-3-7-18/h1-9,14-16,25H,10-13H2. The lowest BCUT2D eigenvalue weighted by molar-refractivity contribution is 0.0746. The average molecular weight is 376 g/mol. The molecule has 0 atom stereocenters. The van der Waals surface area contributed by atoms with Gasteiger partial charge in [0.25, 0.3) is 5.91 Å². The average Bonchev–Trinajstić information content (AvgIpc) is 2.75. The third-order valence-electron chi connectivity index (χ3n) is 4.81. The Labute approximate surface area is 163 Å². The van der Waals surface area contributed by atoms with E-state index in [9.17, 15) is 9.18 Å². The molecule has 0 bridgehead atoms. The van der Waals surface area contributed by atoms with E-state index < -0.39 is 0 Å². The van der Waals surface area contributed by atoms with Crippen LogP contribution in [0.15, 0.2) is 73.1 Å². The Bertz CT molecular complexity index is 956. The van der Waals surface area contributed by atoms with Crippen LogP contribution in [0.2, 0.25) is 0 Å². The molecule has 1 N–H and O–H groups in total. The summed E-state index contributed by atoms with van der Waals surface area (Å²) in [6.07, 6.45) is 3.28. The summed E-state index contributed by atoms with van der Waals surface area (Å²) >= 11 is 0. The molecular formula is C22H21FN4O. The van der Waals surface area contributed by atoms with Crippen molar-refractivity contribution in [3.05, 3.63) is 84.4 Å². The highest BCUT2D eigenvalue weighted by Gasteiger charge is 2.23. The molecule has 1 saturated heterocycles. The number of halogens is 1. The number of nitrogens with one attached hydrogen (secondary N) is 1. The normalized spacial score (nSPS) is 14.0. The van der Waals surface area contributed by atoms with Crippen LogP contribution in [-0.2, 0) is 0 Å². The van der Waals surface area contributed by atoms with E-state index in [0.29, 0.717) is 37.4 Å². The van der Waals surface area contributed by atoms with Crippen molar-refractivity contribution < 1.29 is 9.18 Å². The van der Waals surface area contributed by atoms with Gasteiger partial charge in [0.05, 0.1) is 23.1 Å². The number of aromatic nitrogens is 1. The van der Waals surface area contributed by atoms with Crippen molar-refractivity contribution in [2.45, 2.75) is 0 Å². The summed E-state index contributed by atoms with van der Waals surface area (Å²) in [5.41, 5.74) is 2.83. The molecule has 6 heteroatoms. The van der Waals surface area contributed by atoms with E-state index in [1.165, 1.54) is 6.07 Å². The maximum Gasteiger partial charge on any atom is 0.255 e. The van der Waals surface area contributed by atoms with Gasteiger partial charge in [-0.25, -0.2) is 4.39 Å². The Morgan fingerprint density at radius 1 is 0.893 bits per heavy atom. The van der Waals surface area contributed by atoms with Crippen LogP contribution >= 0.6 is 0 Å². The van der Waals surface area contributed by atoms with E-state index in [2.05, 4.69) is 10.3 Å². The molecule has 1 aliphatic heterocycles. The van der Waals surface area contributed by atoms with E-state index in [0.717, 1.165) is 11.4 Å². The van der Waals surface area contributed by atoms with Gasteiger partial charge in [-0.2, -0.15) is 0 Å². The van der Waals surface area contributed by atoms with Gasteiger partial charge in [-0.3, -0.25) is 9.78 Å². The Morgan fingerprint density at radius 3 is 2.36 bits per heavy atom. The highest BCUT2D eigenvalue weighted by Crippen LogP contribution is 2.21. The molecule has 2 heterocycles. The SMILES string of the molecule is O=C(c1cncc(Nc2ccccc2)c1)N1CCN(c2ccccc2F)CC1. The first-order valence-corrected chi connectivity index (χ1v) is 9.26. The van der Waals surface area contributed by atoms with Gasteiger partial charge in [-0.15, -0.1) is 0 Å². The number of benzene rings is 2. The first-order valence-electron chi connectivity index (χ1n) is 9.26. The van der Waals surface area contributed by atoms with E-state index >= 15 is 0 Å². The maximum absolute atomic E-state index is 14.0. The van der Waals surface area contributed by atoms with Crippen LogP contribution in [0.5, 0.6) is 0 Å². The zero-order chi connectivity index (χ0) is 19.3. The van der Waals surface area contributed by atoms with Crippen LogP contribution in [0, 0.1) is 5.82 Å². The van der Waals surface area contributed by atoms with Gasteiger partial charge in [0.1, 0.15) is 5.82 Å².